The lowest BCUT2D eigenvalue weighted by molar-refractivity contribution is 0.353. The van der Waals surface area contributed by atoms with Gasteiger partial charge in [0.15, 0.2) is 0 Å². The molecule has 0 aliphatic carbocycles. The summed E-state index contributed by atoms with van der Waals surface area (Å²) in [5, 5.41) is 0. The second-order valence-corrected chi connectivity index (χ2v) is 3.88. The summed E-state index contributed by atoms with van der Waals surface area (Å²) in [6.45, 7) is 4.33. The molecule has 0 unspecified atom stereocenters. The first-order valence-electron chi connectivity index (χ1n) is 3.88. The number of benzene rings is 1. The molecule has 1 nitrogen and oxygen atoms in total. The van der Waals surface area contributed by atoms with Crippen LogP contribution in [0.4, 0.5) is 0 Å². The van der Waals surface area contributed by atoms with Crippen molar-refractivity contribution in [3.63, 3.8) is 0 Å². The van der Waals surface area contributed by atoms with E-state index in [1.807, 2.05) is 24.3 Å². The molecule has 0 spiro atoms. The van der Waals surface area contributed by atoms with Crippen LogP contribution in [-0.2, 0) is 0 Å². The van der Waals surface area contributed by atoms with Gasteiger partial charge in [0.25, 0.3) is 0 Å². The van der Waals surface area contributed by atoms with Crippen LogP contribution in [0.3, 0.4) is 0 Å². The van der Waals surface area contributed by atoms with E-state index in [-0.39, 0.29) is 0 Å². The van der Waals surface area contributed by atoms with Gasteiger partial charge in [0.1, 0.15) is 12.4 Å². The van der Waals surface area contributed by atoms with Crippen molar-refractivity contribution in [3.05, 3.63) is 40.9 Å². The number of hydrogen-bond donors (Lipinski definition) is 1. The second kappa shape index (κ2) is 5.35. The number of halogens is 1. The van der Waals surface area contributed by atoms with Crippen LogP contribution in [0.2, 0.25) is 0 Å². The fourth-order valence-electron chi connectivity index (χ4n) is 0.762. The third-order valence-electron chi connectivity index (χ3n) is 1.48. The molecular weight excluding hydrogens is 248 g/mol. The quantitative estimate of drug-likeness (QED) is 0.644. The molecule has 0 heterocycles. The maximum absolute atomic E-state index is 5.44. The maximum Gasteiger partial charge on any atom is 0.119 e. The molecule has 0 saturated heterocycles. The lowest BCUT2D eigenvalue weighted by atomic mass is 10.3. The van der Waals surface area contributed by atoms with Gasteiger partial charge in [-0.2, -0.15) is 12.6 Å². The molecule has 0 aromatic heterocycles. The first-order valence-corrected chi connectivity index (χ1v) is 5.31. The fraction of sp³-hybridized carbons (Fsp3) is 0.200. The summed E-state index contributed by atoms with van der Waals surface area (Å²) in [6, 6.07) is 7.71. The van der Waals surface area contributed by atoms with Gasteiger partial charge in [-0.1, -0.05) is 22.5 Å². The highest BCUT2D eigenvalue weighted by Crippen LogP contribution is 2.16. The molecule has 0 N–H and O–H groups in total. The molecule has 3 heteroatoms. The molecule has 1 rings (SSSR count). The third kappa shape index (κ3) is 3.87. The van der Waals surface area contributed by atoms with Gasteiger partial charge in [0.2, 0.25) is 0 Å². The Morgan fingerprint density at radius 2 is 2.00 bits per heavy atom. The molecule has 0 amide bonds. The van der Waals surface area contributed by atoms with E-state index >= 15 is 0 Å². The SMILES string of the molecule is C=C(CS)COc1ccc(Br)cc1. The van der Waals surface area contributed by atoms with Crippen LogP contribution in [-0.4, -0.2) is 12.4 Å². The van der Waals surface area contributed by atoms with Crippen molar-refractivity contribution in [2.75, 3.05) is 12.4 Å². The monoisotopic (exact) mass is 258 g/mol. The van der Waals surface area contributed by atoms with Crippen LogP contribution >= 0.6 is 28.6 Å². The molecule has 0 aliphatic rings. The summed E-state index contributed by atoms with van der Waals surface area (Å²) < 4.78 is 6.49. The summed E-state index contributed by atoms with van der Waals surface area (Å²) in [4.78, 5) is 0. The Bertz CT molecular complexity index is 281. The van der Waals surface area contributed by atoms with Crippen LogP contribution in [0.5, 0.6) is 5.75 Å². The number of thiol groups is 1. The van der Waals surface area contributed by atoms with Gasteiger partial charge < -0.3 is 4.74 Å². The van der Waals surface area contributed by atoms with Gasteiger partial charge in [-0.15, -0.1) is 0 Å². The Labute approximate surface area is 92.3 Å². The average molecular weight is 259 g/mol. The normalized spacial score (nSPS) is 9.69. The molecule has 0 aliphatic heterocycles. The van der Waals surface area contributed by atoms with E-state index in [9.17, 15) is 0 Å². The Hall–Kier alpha value is -0.410. The minimum Gasteiger partial charge on any atom is -0.489 e. The van der Waals surface area contributed by atoms with E-state index in [0.717, 1.165) is 15.8 Å². The zero-order valence-electron chi connectivity index (χ0n) is 7.16. The molecule has 1 aromatic rings. The summed E-state index contributed by atoms with van der Waals surface area (Å²) in [7, 11) is 0. The van der Waals surface area contributed by atoms with E-state index in [2.05, 4.69) is 35.1 Å². The largest absolute Gasteiger partial charge is 0.489 e. The van der Waals surface area contributed by atoms with E-state index in [1.165, 1.54) is 0 Å². The summed E-state index contributed by atoms with van der Waals surface area (Å²) in [5.41, 5.74) is 0.978. The van der Waals surface area contributed by atoms with Crippen molar-refractivity contribution in [2.24, 2.45) is 0 Å². The molecule has 13 heavy (non-hydrogen) atoms. The minimum absolute atomic E-state index is 0.533. The Kier molecular flexibility index (Phi) is 4.39. The first kappa shape index (κ1) is 10.7. The zero-order valence-corrected chi connectivity index (χ0v) is 9.64. The number of ether oxygens (including phenoxy) is 1. The summed E-state index contributed by atoms with van der Waals surface area (Å²) in [6.07, 6.45) is 0. The average Bonchev–Trinajstić information content (AvgIpc) is 2.16. The third-order valence-corrected chi connectivity index (χ3v) is 2.46. The predicted octanol–water partition coefficient (Wildman–Crippen LogP) is 3.31. The highest BCUT2D eigenvalue weighted by atomic mass is 79.9. The Morgan fingerprint density at radius 1 is 1.38 bits per heavy atom. The minimum atomic E-state index is 0.533. The maximum atomic E-state index is 5.44. The van der Waals surface area contributed by atoms with Crippen molar-refractivity contribution in [2.45, 2.75) is 0 Å². The first-order chi connectivity index (χ1) is 6.22. The van der Waals surface area contributed by atoms with E-state index in [0.29, 0.717) is 12.4 Å². The van der Waals surface area contributed by atoms with Crippen LogP contribution in [0, 0.1) is 0 Å². The van der Waals surface area contributed by atoms with Gasteiger partial charge in [0, 0.05) is 10.2 Å². The summed E-state index contributed by atoms with van der Waals surface area (Å²) >= 11 is 7.45. The Morgan fingerprint density at radius 3 is 2.54 bits per heavy atom. The predicted molar refractivity (Wildman–Crippen MR) is 62.6 cm³/mol. The van der Waals surface area contributed by atoms with Gasteiger partial charge >= 0.3 is 0 Å². The van der Waals surface area contributed by atoms with Gasteiger partial charge in [-0.25, -0.2) is 0 Å². The lowest BCUT2D eigenvalue weighted by Gasteiger charge is -2.06. The van der Waals surface area contributed by atoms with Crippen LogP contribution < -0.4 is 4.74 Å². The number of rotatable bonds is 4. The molecule has 0 saturated carbocycles. The van der Waals surface area contributed by atoms with E-state index in [4.69, 9.17) is 4.74 Å². The highest BCUT2D eigenvalue weighted by Gasteiger charge is 1.94. The van der Waals surface area contributed by atoms with Crippen molar-refractivity contribution in [1.82, 2.24) is 0 Å². The molecule has 1 aromatic carbocycles. The van der Waals surface area contributed by atoms with Crippen LogP contribution in [0.1, 0.15) is 0 Å². The molecule has 0 bridgehead atoms. The topological polar surface area (TPSA) is 9.23 Å². The summed E-state index contributed by atoms with van der Waals surface area (Å²) in [5.74, 6) is 1.52. The van der Waals surface area contributed by atoms with Crippen molar-refractivity contribution >= 4 is 28.6 Å². The molecular formula is C10H11BrOS. The van der Waals surface area contributed by atoms with Crippen LogP contribution in [0.15, 0.2) is 40.9 Å². The highest BCUT2D eigenvalue weighted by molar-refractivity contribution is 9.10. The smallest absolute Gasteiger partial charge is 0.119 e. The van der Waals surface area contributed by atoms with Crippen molar-refractivity contribution in [1.29, 1.82) is 0 Å². The molecule has 0 fully saturated rings. The molecule has 0 atom stereocenters. The van der Waals surface area contributed by atoms with Crippen LogP contribution in [0.25, 0.3) is 0 Å². The van der Waals surface area contributed by atoms with E-state index < -0.39 is 0 Å². The van der Waals surface area contributed by atoms with Crippen molar-refractivity contribution < 1.29 is 4.74 Å². The standard InChI is InChI=1S/C10H11BrOS/c1-8(7-13)6-12-10-4-2-9(11)3-5-10/h2-5,13H,1,6-7H2. The Balaban J connectivity index is 2.46. The van der Waals surface area contributed by atoms with E-state index in [1.54, 1.807) is 0 Å². The fourth-order valence-corrected chi connectivity index (χ4v) is 1.12. The van der Waals surface area contributed by atoms with Crippen molar-refractivity contribution in [3.8, 4) is 5.75 Å². The van der Waals surface area contributed by atoms with Gasteiger partial charge in [0.05, 0.1) is 0 Å². The lowest BCUT2D eigenvalue weighted by Crippen LogP contribution is -2.00. The molecule has 0 radical (unpaired) electrons. The zero-order chi connectivity index (χ0) is 9.68. The number of hydrogen-bond acceptors (Lipinski definition) is 2. The molecule has 70 valence electrons. The second-order valence-electron chi connectivity index (χ2n) is 2.65. The van der Waals surface area contributed by atoms with Gasteiger partial charge in [-0.3, -0.25) is 0 Å². The van der Waals surface area contributed by atoms with Gasteiger partial charge in [-0.05, 0) is 29.8 Å².